The second-order valence-electron chi connectivity index (χ2n) is 21.9. The number of rotatable bonds is 54. The summed E-state index contributed by atoms with van der Waals surface area (Å²) in [5.74, 6) is -0.171. The standard InChI is InChI=1S/C61H119NO8/c1-3-5-7-9-11-13-15-17-19-20-21-22-23-24-25-26-27-28-29-30-31-32-33-34-35-37-38-40-42-44-46-48-50-55(64)54(53-69-61-60(68)59(67)58(66)56(52-63)70-61)62-57(65)51-49-47-45-43-41-39-36-18-16-14-12-10-8-6-4-2/h48,50,54-56,58-61,63-64,66-68H,3-47,49,51-53H2,1-2H3,(H,62,65)/b50-48+. The lowest BCUT2D eigenvalue weighted by molar-refractivity contribution is -0.302. The van der Waals surface area contributed by atoms with Gasteiger partial charge in [-0.15, -0.1) is 0 Å². The second-order valence-corrected chi connectivity index (χ2v) is 21.9. The van der Waals surface area contributed by atoms with E-state index in [-0.39, 0.29) is 12.5 Å². The molecule has 0 saturated carbocycles. The molecule has 6 N–H and O–H groups in total. The Balaban J connectivity index is 2.12. The fourth-order valence-corrected chi connectivity index (χ4v) is 10.2. The van der Waals surface area contributed by atoms with Crippen LogP contribution in [0.1, 0.15) is 316 Å². The van der Waals surface area contributed by atoms with E-state index in [0.717, 1.165) is 38.5 Å². The predicted molar refractivity (Wildman–Crippen MR) is 295 cm³/mol. The number of carbonyl (C=O) groups is 1. The van der Waals surface area contributed by atoms with E-state index in [9.17, 15) is 30.3 Å². The Kier molecular flexibility index (Phi) is 49.2. The number of aliphatic hydroxyl groups excluding tert-OH is 5. The lowest BCUT2D eigenvalue weighted by Gasteiger charge is -2.40. The molecule has 1 heterocycles. The van der Waals surface area contributed by atoms with Crippen LogP contribution < -0.4 is 5.32 Å². The Hall–Kier alpha value is -1.07. The molecule has 0 aromatic heterocycles. The first-order valence-electron chi connectivity index (χ1n) is 30.9. The first-order chi connectivity index (χ1) is 34.3. The van der Waals surface area contributed by atoms with Crippen LogP contribution >= 0.6 is 0 Å². The van der Waals surface area contributed by atoms with Gasteiger partial charge in [-0.1, -0.05) is 302 Å². The molecule has 1 saturated heterocycles. The van der Waals surface area contributed by atoms with Crippen LogP contribution in [0.5, 0.6) is 0 Å². The lowest BCUT2D eigenvalue weighted by Crippen LogP contribution is -2.60. The summed E-state index contributed by atoms with van der Waals surface area (Å²) < 4.78 is 11.3. The molecule has 0 bridgehead atoms. The molecule has 7 atom stereocenters. The van der Waals surface area contributed by atoms with Crippen molar-refractivity contribution in [2.75, 3.05) is 13.2 Å². The van der Waals surface area contributed by atoms with Gasteiger partial charge in [0.15, 0.2) is 6.29 Å². The number of nitrogens with one attached hydrogen (secondary N) is 1. The van der Waals surface area contributed by atoms with E-state index < -0.39 is 49.5 Å². The number of amides is 1. The van der Waals surface area contributed by atoms with E-state index in [1.165, 1.54) is 257 Å². The van der Waals surface area contributed by atoms with E-state index >= 15 is 0 Å². The quantitative estimate of drug-likeness (QED) is 0.0261. The molecular weight excluding hydrogens is 875 g/mol. The average Bonchev–Trinajstić information content (AvgIpc) is 3.36. The minimum Gasteiger partial charge on any atom is -0.394 e. The lowest BCUT2D eigenvalue weighted by atomic mass is 9.99. The van der Waals surface area contributed by atoms with Crippen molar-refractivity contribution in [2.45, 2.75) is 358 Å². The zero-order chi connectivity index (χ0) is 50.8. The minimum atomic E-state index is -1.56. The molecule has 9 nitrogen and oxygen atoms in total. The van der Waals surface area contributed by atoms with Gasteiger partial charge >= 0.3 is 0 Å². The fraction of sp³-hybridized carbons (Fsp3) is 0.951. The summed E-state index contributed by atoms with van der Waals surface area (Å²) >= 11 is 0. The van der Waals surface area contributed by atoms with Gasteiger partial charge in [0.05, 0.1) is 25.4 Å². The van der Waals surface area contributed by atoms with Crippen LogP contribution in [0.4, 0.5) is 0 Å². The van der Waals surface area contributed by atoms with Crippen LogP contribution in [0.25, 0.3) is 0 Å². The van der Waals surface area contributed by atoms with E-state index in [0.29, 0.717) is 6.42 Å². The van der Waals surface area contributed by atoms with Crippen LogP contribution in [0.2, 0.25) is 0 Å². The van der Waals surface area contributed by atoms with Crippen molar-refractivity contribution in [1.29, 1.82) is 0 Å². The second kappa shape index (κ2) is 51.4. The Morgan fingerprint density at radius 1 is 0.471 bits per heavy atom. The maximum atomic E-state index is 13.0. The molecule has 1 amide bonds. The number of unbranched alkanes of at least 4 members (excludes halogenated alkanes) is 44. The van der Waals surface area contributed by atoms with Crippen molar-refractivity contribution in [1.82, 2.24) is 5.32 Å². The molecule has 7 unspecified atom stereocenters. The van der Waals surface area contributed by atoms with Crippen LogP contribution in [-0.2, 0) is 14.3 Å². The summed E-state index contributed by atoms with van der Waals surface area (Å²) in [7, 11) is 0. The molecule has 0 aromatic carbocycles. The van der Waals surface area contributed by atoms with Crippen LogP contribution in [0.3, 0.4) is 0 Å². The van der Waals surface area contributed by atoms with Crippen molar-refractivity contribution in [2.24, 2.45) is 0 Å². The SMILES string of the molecule is CCCCCCCCCCCCCCCCCCCCCCCCCCCCCCCC/C=C/C(O)C(COC1OC(CO)C(O)C(O)C1O)NC(=O)CCCCCCCCCCCCCCCCC. The Morgan fingerprint density at radius 3 is 1.11 bits per heavy atom. The minimum absolute atomic E-state index is 0.171. The van der Waals surface area contributed by atoms with E-state index in [1.807, 2.05) is 6.08 Å². The first kappa shape index (κ1) is 66.9. The molecule has 1 aliphatic rings. The molecule has 0 aromatic rings. The summed E-state index contributed by atoms with van der Waals surface area (Å²) in [6.45, 7) is 3.82. The fourth-order valence-electron chi connectivity index (χ4n) is 10.2. The molecule has 0 spiro atoms. The van der Waals surface area contributed by atoms with Gasteiger partial charge in [0.2, 0.25) is 5.91 Å². The van der Waals surface area contributed by atoms with Gasteiger partial charge in [-0.2, -0.15) is 0 Å². The summed E-state index contributed by atoms with van der Waals surface area (Å²) in [6, 6.07) is -0.800. The zero-order valence-electron chi connectivity index (χ0n) is 46.3. The molecule has 0 radical (unpaired) electrons. The van der Waals surface area contributed by atoms with Crippen molar-refractivity contribution in [3.8, 4) is 0 Å². The highest BCUT2D eigenvalue weighted by Crippen LogP contribution is 2.23. The summed E-state index contributed by atoms with van der Waals surface area (Å²) in [6.07, 6.45) is 57.3. The van der Waals surface area contributed by atoms with Gasteiger partial charge in [-0.05, 0) is 19.3 Å². The third-order valence-corrected chi connectivity index (χ3v) is 15.1. The van der Waals surface area contributed by atoms with Gasteiger partial charge < -0.3 is 40.3 Å². The van der Waals surface area contributed by atoms with Gasteiger partial charge in [0.25, 0.3) is 0 Å². The van der Waals surface area contributed by atoms with E-state index in [4.69, 9.17) is 9.47 Å². The van der Waals surface area contributed by atoms with Gasteiger partial charge in [-0.25, -0.2) is 0 Å². The highest BCUT2D eigenvalue weighted by molar-refractivity contribution is 5.76. The predicted octanol–water partition coefficient (Wildman–Crippen LogP) is 15.6. The average molecular weight is 995 g/mol. The Bertz CT molecular complexity index is 1110. The third kappa shape index (κ3) is 40.3. The summed E-state index contributed by atoms with van der Waals surface area (Å²) in [4.78, 5) is 13.0. The molecular formula is C61H119NO8. The summed E-state index contributed by atoms with van der Waals surface area (Å²) in [5, 5.41) is 54.5. The third-order valence-electron chi connectivity index (χ3n) is 15.1. The van der Waals surface area contributed by atoms with Gasteiger partial charge in [-0.3, -0.25) is 4.79 Å². The monoisotopic (exact) mass is 994 g/mol. The topological polar surface area (TPSA) is 149 Å². The van der Waals surface area contributed by atoms with Crippen molar-refractivity contribution < 1.29 is 39.8 Å². The van der Waals surface area contributed by atoms with Crippen molar-refractivity contribution in [3.63, 3.8) is 0 Å². The Labute approximate surface area is 433 Å². The zero-order valence-corrected chi connectivity index (χ0v) is 46.3. The first-order valence-corrected chi connectivity index (χ1v) is 30.9. The van der Waals surface area contributed by atoms with Crippen molar-refractivity contribution in [3.05, 3.63) is 12.2 Å². The van der Waals surface area contributed by atoms with E-state index in [1.54, 1.807) is 6.08 Å². The molecule has 416 valence electrons. The molecule has 70 heavy (non-hydrogen) atoms. The normalized spacial score (nSPS) is 19.3. The largest absolute Gasteiger partial charge is 0.394 e. The number of allylic oxidation sites excluding steroid dienone is 1. The highest BCUT2D eigenvalue weighted by atomic mass is 16.7. The number of carbonyl (C=O) groups excluding carboxylic acids is 1. The van der Waals surface area contributed by atoms with Gasteiger partial charge in [0, 0.05) is 6.42 Å². The molecule has 0 aliphatic carbocycles. The number of ether oxygens (including phenoxy) is 2. The Morgan fingerprint density at radius 2 is 0.786 bits per heavy atom. The maximum Gasteiger partial charge on any atom is 0.220 e. The molecule has 1 fully saturated rings. The van der Waals surface area contributed by atoms with Gasteiger partial charge in [0.1, 0.15) is 24.4 Å². The number of aliphatic hydroxyl groups is 5. The van der Waals surface area contributed by atoms with Crippen molar-refractivity contribution >= 4 is 5.91 Å². The molecule has 1 rings (SSSR count). The number of hydrogen-bond acceptors (Lipinski definition) is 8. The molecule has 1 aliphatic heterocycles. The number of hydrogen-bond donors (Lipinski definition) is 6. The molecule has 9 heteroatoms. The maximum absolute atomic E-state index is 13.0. The van der Waals surface area contributed by atoms with E-state index in [2.05, 4.69) is 19.2 Å². The summed E-state index contributed by atoms with van der Waals surface area (Å²) in [5.41, 5.74) is 0. The van der Waals surface area contributed by atoms with Crippen LogP contribution in [0, 0.1) is 0 Å². The van der Waals surface area contributed by atoms with Crippen LogP contribution in [0.15, 0.2) is 12.2 Å². The smallest absolute Gasteiger partial charge is 0.220 e. The highest BCUT2D eigenvalue weighted by Gasteiger charge is 2.44. The van der Waals surface area contributed by atoms with Crippen LogP contribution in [-0.4, -0.2) is 87.5 Å².